The van der Waals surface area contributed by atoms with E-state index in [1.807, 2.05) is 21.0 Å². The Hall–Kier alpha value is -2.14. The van der Waals surface area contributed by atoms with Crippen molar-refractivity contribution in [3.05, 3.63) is 58.8 Å². The molecule has 0 bridgehead atoms. The molecule has 1 aromatic heterocycles. The first-order valence-corrected chi connectivity index (χ1v) is 7.65. The number of rotatable bonds is 6. The summed E-state index contributed by atoms with van der Waals surface area (Å²) in [5.74, 6) is 0.852. The number of nitrogens with zero attached hydrogens (tertiary/aromatic N) is 1. The lowest BCUT2D eigenvalue weighted by atomic mass is 10.0. The molecule has 1 amide bonds. The summed E-state index contributed by atoms with van der Waals surface area (Å²) < 4.78 is 18.6. The van der Waals surface area contributed by atoms with Crippen LogP contribution in [0.4, 0.5) is 4.39 Å². The summed E-state index contributed by atoms with van der Waals surface area (Å²) in [6.07, 6.45) is 0.736. The van der Waals surface area contributed by atoms with Gasteiger partial charge in [-0.3, -0.25) is 4.79 Å². The molecule has 23 heavy (non-hydrogen) atoms. The van der Waals surface area contributed by atoms with E-state index in [4.69, 9.17) is 4.42 Å². The highest BCUT2D eigenvalue weighted by Gasteiger charge is 2.19. The van der Waals surface area contributed by atoms with E-state index >= 15 is 0 Å². The van der Waals surface area contributed by atoms with Crippen LogP contribution in [0.2, 0.25) is 0 Å². The Labute approximate surface area is 136 Å². The van der Waals surface area contributed by atoms with E-state index in [1.165, 1.54) is 12.1 Å². The maximum Gasteiger partial charge on any atom is 0.255 e. The zero-order chi connectivity index (χ0) is 17.0. The predicted molar refractivity (Wildman–Crippen MR) is 88.0 cm³/mol. The van der Waals surface area contributed by atoms with Crippen molar-refractivity contribution >= 4 is 5.91 Å². The van der Waals surface area contributed by atoms with Gasteiger partial charge < -0.3 is 14.6 Å². The topological polar surface area (TPSA) is 45.5 Å². The van der Waals surface area contributed by atoms with E-state index in [0.29, 0.717) is 17.1 Å². The number of benzene rings is 1. The van der Waals surface area contributed by atoms with Crippen LogP contribution in [0.3, 0.4) is 0 Å². The largest absolute Gasteiger partial charge is 0.466 e. The molecule has 0 aliphatic heterocycles. The molecule has 1 unspecified atom stereocenters. The van der Waals surface area contributed by atoms with Gasteiger partial charge in [-0.25, -0.2) is 4.39 Å². The summed E-state index contributed by atoms with van der Waals surface area (Å²) >= 11 is 0. The lowest BCUT2D eigenvalue weighted by Crippen LogP contribution is -2.31. The van der Waals surface area contributed by atoms with Gasteiger partial charge >= 0.3 is 0 Å². The molecule has 1 aromatic carbocycles. The second-order valence-electron chi connectivity index (χ2n) is 6.00. The molecular formula is C18H23FN2O2. The van der Waals surface area contributed by atoms with Crippen molar-refractivity contribution in [1.82, 2.24) is 10.2 Å². The molecule has 0 aliphatic carbocycles. The number of nitrogens with one attached hydrogen (secondary N) is 1. The first-order valence-electron chi connectivity index (χ1n) is 7.65. The van der Waals surface area contributed by atoms with E-state index < -0.39 is 0 Å². The average molecular weight is 318 g/mol. The summed E-state index contributed by atoms with van der Waals surface area (Å²) in [7, 11) is 3.96. The van der Waals surface area contributed by atoms with Gasteiger partial charge in [0, 0.05) is 0 Å². The quantitative estimate of drug-likeness (QED) is 0.887. The standard InChI is InChI=1S/C18H23FN2O2/c1-12-11-16(13(2)23-12)18(22)20-17(9-10-21(3)4)14-5-7-15(19)8-6-14/h5-8,11,17H,9-10H2,1-4H3,(H,20,22). The van der Waals surface area contributed by atoms with Crippen LogP contribution in [0.1, 0.15) is 39.9 Å². The minimum atomic E-state index is -0.285. The van der Waals surface area contributed by atoms with Gasteiger partial charge in [0.15, 0.2) is 0 Å². The smallest absolute Gasteiger partial charge is 0.255 e. The van der Waals surface area contributed by atoms with E-state index in [-0.39, 0.29) is 17.8 Å². The minimum Gasteiger partial charge on any atom is -0.466 e. The van der Waals surface area contributed by atoms with E-state index in [1.54, 1.807) is 25.1 Å². The van der Waals surface area contributed by atoms with Gasteiger partial charge in [0.05, 0.1) is 11.6 Å². The maximum atomic E-state index is 13.1. The number of carbonyl (C=O) groups excluding carboxylic acids is 1. The zero-order valence-electron chi connectivity index (χ0n) is 14.0. The number of aryl methyl sites for hydroxylation is 2. The Morgan fingerprint density at radius 1 is 1.26 bits per heavy atom. The third-order valence-electron chi connectivity index (χ3n) is 3.73. The average Bonchev–Trinajstić information content (AvgIpc) is 2.83. The van der Waals surface area contributed by atoms with Crippen molar-refractivity contribution in [1.29, 1.82) is 0 Å². The zero-order valence-corrected chi connectivity index (χ0v) is 14.0. The maximum absolute atomic E-state index is 13.1. The first kappa shape index (κ1) is 17.2. The summed E-state index contributed by atoms with van der Waals surface area (Å²) in [6.45, 7) is 4.40. The molecule has 0 spiro atoms. The van der Waals surface area contributed by atoms with E-state index in [2.05, 4.69) is 10.2 Å². The van der Waals surface area contributed by atoms with Gasteiger partial charge in [-0.1, -0.05) is 12.1 Å². The fraction of sp³-hybridized carbons (Fsp3) is 0.389. The van der Waals surface area contributed by atoms with Crippen molar-refractivity contribution in [2.45, 2.75) is 26.3 Å². The van der Waals surface area contributed by atoms with Crippen molar-refractivity contribution in [3.63, 3.8) is 0 Å². The Kier molecular flexibility index (Phi) is 5.55. The summed E-state index contributed by atoms with van der Waals surface area (Å²) in [6, 6.07) is 7.81. The molecule has 2 rings (SSSR count). The number of amides is 1. The van der Waals surface area contributed by atoms with Crippen molar-refractivity contribution in [3.8, 4) is 0 Å². The summed E-state index contributed by atoms with van der Waals surface area (Å²) in [5, 5.41) is 3.03. The monoisotopic (exact) mass is 318 g/mol. The molecular weight excluding hydrogens is 295 g/mol. The van der Waals surface area contributed by atoms with Crippen LogP contribution in [0.5, 0.6) is 0 Å². The highest BCUT2D eigenvalue weighted by Crippen LogP contribution is 2.20. The van der Waals surface area contributed by atoms with Crippen LogP contribution >= 0.6 is 0 Å². The van der Waals surface area contributed by atoms with Gasteiger partial charge in [0.1, 0.15) is 17.3 Å². The fourth-order valence-electron chi connectivity index (χ4n) is 2.50. The third-order valence-corrected chi connectivity index (χ3v) is 3.73. The molecule has 0 saturated carbocycles. The molecule has 0 fully saturated rings. The van der Waals surface area contributed by atoms with Gasteiger partial charge in [0.2, 0.25) is 0 Å². The van der Waals surface area contributed by atoms with Crippen LogP contribution in [-0.4, -0.2) is 31.4 Å². The number of halogens is 1. The van der Waals surface area contributed by atoms with Gasteiger partial charge in [-0.05, 0) is 64.7 Å². The molecule has 0 saturated heterocycles. The number of furan rings is 1. The van der Waals surface area contributed by atoms with Crippen LogP contribution in [0.15, 0.2) is 34.7 Å². The van der Waals surface area contributed by atoms with E-state index in [0.717, 1.165) is 18.5 Å². The molecule has 1 atom stereocenters. The highest BCUT2D eigenvalue weighted by molar-refractivity contribution is 5.95. The Morgan fingerprint density at radius 3 is 2.43 bits per heavy atom. The molecule has 5 heteroatoms. The van der Waals surface area contributed by atoms with Crippen LogP contribution in [-0.2, 0) is 0 Å². The molecule has 1 heterocycles. The number of hydrogen-bond acceptors (Lipinski definition) is 3. The predicted octanol–water partition coefficient (Wildman–Crippen LogP) is 3.46. The Morgan fingerprint density at radius 2 is 1.91 bits per heavy atom. The van der Waals surface area contributed by atoms with Crippen LogP contribution in [0.25, 0.3) is 0 Å². The van der Waals surface area contributed by atoms with Gasteiger partial charge in [0.25, 0.3) is 5.91 Å². The first-order chi connectivity index (χ1) is 10.9. The van der Waals surface area contributed by atoms with Crippen LogP contribution in [0, 0.1) is 19.7 Å². The minimum absolute atomic E-state index is 0.174. The third kappa shape index (κ3) is 4.66. The number of carbonyl (C=O) groups is 1. The van der Waals surface area contributed by atoms with E-state index in [9.17, 15) is 9.18 Å². The fourth-order valence-corrected chi connectivity index (χ4v) is 2.50. The molecule has 4 nitrogen and oxygen atoms in total. The second kappa shape index (κ2) is 7.42. The molecule has 0 radical (unpaired) electrons. The summed E-state index contributed by atoms with van der Waals surface area (Å²) in [4.78, 5) is 14.6. The molecule has 2 aromatic rings. The van der Waals surface area contributed by atoms with Crippen molar-refractivity contribution in [2.75, 3.05) is 20.6 Å². The van der Waals surface area contributed by atoms with Crippen molar-refractivity contribution < 1.29 is 13.6 Å². The molecule has 1 N–H and O–H groups in total. The summed E-state index contributed by atoms with van der Waals surface area (Å²) in [5.41, 5.74) is 1.43. The number of hydrogen-bond donors (Lipinski definition) is 1. The normalized spacial score (nSPS) is 12.4. The highest BCUT2D eigenvalue weighted by atomic mass is 19.1. The lowest BCUT2D eigenvalue weighted by molar-refractivity contribution is 0.0931. The Bertz CT molecular complexity index is 662. The molecule has 0 aliphatic rings. The lowest BCUT2D eigenvalue weighted by Gasteiger charge is -2.21. The second-order valence-corrected chi connectivity index (χ2v) is 6.00. The van der Waals surface area contributed by atoms with Crippen LogP contribution < -0.4 is 5.32 Å². The molecule has 124 valence electrons. The van der Waals surface area contributed by atoms with Crippen molar-refractivity contribution in [2.24, 2.45) is 0 Å². The van der Waals surface area contributed by atoms with Gasteiger partial charge in [-0.2, -0.15) is 0 Å². The Balaban J connectivity index is 2.18. The SMILES string of the molecule is Cc1cc(C(=O)NC(CCN(C)C)c2ccc(F)cc2)c(C)o1. The van der Waals surface area contributed by atoms with Gasteiger partial charge in [-0.15, -0.1) is 0 Å².